The van der Waals surface area contributed by atoms with Gasteiger partial charge in [0.2, 0.25) is 0 Å². The van der Waals surface area contributed by atoms with Gasteiger partial charge in [0.15, 0.2) is 0 Å². The number of hydrogen-bond donors (Lipinski definition) is 2. The molecule has 0 saturated carbocycles. The molecule has 0 unspecified atom stereocenters. The first-order valence-electron chi connectivity index (χ1n) is 7.26. The average Bonchev–Trinajstić information content (AvgIpc) is 2.28. The first-order chi connectivity index (χ1) is 8.33. The summed E-state index contributed by atoms with van der Waals surface area (Å²) in [6, 6.07) is 0. The van der Waals surface area contributed by atoms with Gasteiger partial charge in [-0.25, -0.2) is 0 Å². The molecule has 0 fully saturated rings. The second kappa shape index (κ2) is 10.8. The van der Waals surface area contributed by atoms with Crippen LogP contribution >= 0.6 is 0 Å². The quantitative estimate of drug-likeness (QED) is 0.668. The predicted molar refractivity (Wildman–Crippen MR) is 82.2 cm³/mol. The summed E-state index contributed by atoms with van der Waals surface area (Å²) >= 11 is 0. The van der Waals surface area contributed by atoms with E-state index in [9.17, 15) is 0 Å². The molecular formula is C15H36N2O. The van der Waals surface area contributed by atoms with Gasteiger partial charge in [0.1, 0.15) is 0 Å². The average molecular weight is 260 g/mol. The van der Waals surface area contributed by atoms with E-state index in [-0.39, 0.29) is 5.60 Å². The van der Waals surface area contributed by atoms with Crippen LogP contribution in [-0.2, 0) is 4.74 Å². The van der Waals surface area contributed by atoms with Crippen molar-refractivity contribution >= 4 is 0 Å². The lowest BCUT2D eigenvalue weighted by Crippen LogP contribution is -2.32. The first-order valence-corrected chi connectivity index (χ1v) is 7.26. The number of nitrogens with one attached hydrogen (secondary N) is 2. The summed E-state index contributed by atoms with van der Waals surface area (Å²) in [5, 5.41) is 6.39. The van der Waals surface area contributed by atoms with Gasteiger partial charge in [-0.1, -0.05) is 27.7 Å². The standard InChI is InChI=1S/C13H30N2O.C2H6/c1-12(2,11-15-6)8-10-16-13(3,4)7-9-14-5;1-2/h14-15H,7-11H2,1-6H3;1-2H3. The molecule has 0 aliphatic carbocycles. The molecule has 0 atom stereocenters. The van der Waals surface area contributed by atoms with Crippen molar-refractivity contribution < 1.29 is 4.74 Å². The molecule has 0 rings (SSSR count). The van der Waals surface area contributed by atoms with Crippen molar-refractivity contribution in [1.29, 1.82) is 0 Å². The topological polar surface area (TPSA) is 33.3 Å². The Bertz CT molecular complexity index is 179. The molecule has 3 nitrogen and oxygen atoms in total. The molecule has 0 aliphatic rings. The van der Waals surface area contributed by atoms with Crippen LogP contribution in [0.3, 0.4) is 0 Å². The maximum absolute atomic E-state index is 5.95. The Labute approximate surface area is 115 Å². The van der Waals surface area contributed by atoms with Crippen LogP contribution in [0, 0.1) is 5.41 Å². The van der Waals surface area contributed by atoms with Crippen LogP contribution in [0.4, 0.5) is 0 Å². The number of rotatable bonds is 9. The van der Waals surface area contributed by atoms with Crippen LogP contribution in [0.1, 0.15) is 54.4 Å². The maximum atomic E-state index is 5.95. The lowest BCUT2D eigenvalue weighted by Gasteiger charge is -2.29. The van der Waals surface area contributed by atoms with Gasteiger partial charge in [-0.3, -0.25) is 0 Å². The minimum atomic E-state index is -0.0151. The third-order valence-electron chi connectivity index (χ3n) is 2.90. The summed E-state index contributed by atoms with van der Waals surface area (Å²) in [7, 11) is 3.98. The SMILES string of the molecule is CC.CNCCC(C)(C)OCCC(C)(C)CNC. The van der Waals surface area contributed by atoms with Gasteiger partial charge >= 0.3 is 0 Å². The minimum absolute atomic E-state index is 0.0151. The van der Waals surface area contributed by atoms with Gasteiger partial charge in [0, 0.05) is 13.2 Å². The van der Waals surface area contributed by atoms with Crippen LogP contribution in [0.5, 0.6) is 0 Å². The summed E-state index contributed by atoms with van der Waals surface area (Å²) in [6.45, 7) is 15.7. The van der Waals surface area contributed by atoms with Crippen LogP contribution in [0.2, 0.25) is 0 Å². The molecule has 0 aromatic rings. The minimum Gasteiger partial charge on any atom is -0.376 e. The van der Waals surface area contributed by atoms with Crippen molar-refractivity contribution in [3.63, 3.8) is 0 Å². The highest BCUT2D eigenvalue weighted by atomic mass is 16.5. The fourth-order valence-corrected chi connectivity index (χ4v) is 1.67. The summed E-state index contributed by atoms with van der Waals surface area (Å²) in [4.78, 5) is 0. The highest BCUT2D eigenvalue weighted by Crippen LogP contribution is 2.21. The molecule has 0 aliphatic heterocycles. The van der Waals surface area contributed by atoms with Crippen molar-refractivity contribution in [2.24, 2.45) is 5.41 Å². The second-order valence-electron chi connectivity index (χ2n) is 5.91. The molecule has 0 saturated heterocycles. The Hall–Kier alpha value is -0.120. The van der Waals surface area contributed by atoms with E-state index in [0.717, 1.165) is 32.5 Å². The first kappa shape index (κ1) is 20.2. The highest BCUT2D eigenvalue weighted by molar-refractivity contribution is 4.73. The van der Waals surface area contributed by atoms with Gasteiger partial charge in [0.25, 0.3) is 0 Å². The Morgan fingerprint density at radius 1 is 0.889 bits per heavy atom. The van der Waals surface area contributed by atoms with E-state index < -0.39 is 0 Å². The Kier molecular flexibility index (Phi) is 12.1. The molecule has 0 radical (unpaired) electrons. The molecule has 3 heteroatoms. The lowest BCUT2D eigenvalue weighted by molar-refractivity contribution is -0.0333. The molecule has 0 heterocycles. The summed E-state index contributed by atoms with van der Waals surface area (Å²) in [5.74, 6) is 0. The van der Waals surface area contributed by atoms with Gasteiger partial charge in [-0.15, -0.1) is 0 Å². The summed E-state index contributed by atoms with van der Waals surface area (Å²) < 4.78 is 5.95. The third-order valence-corrected chi connectivity index (χ3v) is 2.90. The molecule has 0 amide bonds. The highest BCUT2D eigenvalue weighted by Gasteiger charge is 2.21. The second-order valence-corrected chi connectivity index (χ2v) is 5.91. The van der Waals surface area contributed by atoms with Crippen LogP contribution in [0.15, 0.2) is 0 Å². The zero-order valence-corrected chi connectivity index (χ0v) is 13.9. The Morgan fingerprint density at radius 3 is 1.89 bits per heavy atom. The van der Waals surface area contributed by atoms with E-state index >= 15 is 0 Å². The normalized spacial score (nSPS) is 12.0. The number of hydrogen-bond acceptors (Lipinski definition) is 3. The van der Waals surface area contributed by atoms with Crippen LogP contribution in [0.25, 0.3) is 0 Å². The van der Waals surface area contributed by atoms with Crippen molar-refractivity contribution in [2.45, 2.75) is 60.0 Å². The van der Waals surface area contributed by atoms with Crippen LogP contribution < -0.4 is 10.6 Å². The molecule has 18 heavy (non-hydrogen) atoms. The molecule has 0 aromatic carbocycles. The van der Waals surface area contributed by atoms with Crippen LogP contribution in [-0.4, -0.2) is 39.4 Å². The van der Waals surface area contributed by atoms with Gasteiger partial charge in [0.05, 0.1) is 5.60 Å². The number of ether oxygens (including phenoxy) is 1. The van der Waals surface area contributed by atoms with E-state index in [1.807, 2.05) is 27.9 Å². The third kappa shape index (κ3) is 12.3. The molecule has 112 valence electrons. The molecule has 0 aromatic heterocycles. The van der Waals surface area contributed by atoms with E-state index in [2.05, 4.69) is 38.3 Å². The van der Waals surface area contributed by atoms with Gasteiger partial charge in [-0.05, 0) is 52.7 Å². The van der Waals surface area contributed by atoms with E-state index in [1.54, 1.807) is 0 Å². The van der Waals surface area contributed by atoms with Crippen molar-refractivity contribution in [1.82, 2.24) is 10.6 Å². The smallest absolute Gasteiger partial charge is 0.0638 e. The van der Waals surface area contributed by atoms with Crippen molar-refractivity contribution in [3.8, 4) is 0 Å². The summed E-state index contributed by atoms with van der Waals surface area (Å²) in [6.07, 6.45) is 2.15. The maximum Gasteiger partial charge on any atom is 0.0638 e. The van der Waals surface area contributed by atoms with E-state index in [0.29, 0.717) is 5.41 Å². The zero-order chi connectivity index (χ0) is 14.7. The molecule has 0 spiro atoms. The molecule has 2 N–H and O–H groups in total. The summed E-state index contributed by atoms with van der Waals surface area (Å²) in [5.41, 5.74) is 0.298. The van der Waals surface area contributed by atoms with Crippen molar-refractivity contribution in [3.05, 3.63) is 0 Å². The lowest BCUT2D eigenvalue weighted by atomic mass is 9.89. The Balaban J connectivity index is 0. The Morgan fingerprint density at radius 2 is 1.44 bits per heavy atom. The van der Waals surface area contributed by atoms with Crippen molar-refractivity contribution in [2.75, 3.05) is 33.8 Å². The molecule has 0 bridgehead atoms. The van der Waals surface area contributed by atoms with E-state index in [4.69, 9.17) is 4.74 Å². The predicted octanol–water partition coefficient (Wildman–Crippen LogP) is 3.05. The monoisotopic (exact) mass is 260 g/mol. The largest absolute Gasteiger partial charge is 0.376 e. The van der Waals surface area contributed by atoms with Gasteiger partial charge in [-0.2, -0.15) is 0 Å². The molecular weight excluding hydrogens is 224 g/mol. The fraction of sp³-hybridized carbons (Fsp3) is 1.00. The van der Waals surface area contributed by atoms with E-state index in [1.165, 1.54) is 0 Å². The zero-order valence-electron chi connectivity index (χ0n) is 13.9. The fourth-order valence-electron chi connectivity index (χ4n) is 1.67. The van der Waals surface area contributed by atoms with Gasteiger partial charge < -0.3 is 15.4 Å².